The van der Waals surface area contributed by atoms with E-state index in [0.29, 0.717) is 25.6 Å². The lowest BCUT2D eigenvalue weighted by molar-refractivity contribution is -0.267. The molecule has 6 rings (SSSR count). The molecule has 1 heterocycles. The van der Waals surface area contributed by atoms with E-state index in [4.69, 9.17) is 8.37 Å². The first kappa shape index (κ1) is 17.8. The van der Waals surface area contributed by atoms with Crippen molar-refractivity contribution in [2.45, 2.75) is 64.1 Å². The fourth-order valence-electron chi connectivity index (χ4n) is 7.87. The second-order valence-corrected chi connectivity index (χ2v) is 10.8. The first-order chi connectivity index (χ1) is 12.3. The highest BCUT2D eigenvalue weighted by molar-refractivity contribution is 7.75. The van der Waals surface area contributed by atoms with Crippen LogP contribution in [0, 0.1) is 34.0 Å². The third-order valence-electron chi connectivity index (χ3n) is 9.09. The number of rotatable bonds is 0. The van der Waals surface area contributed by atoms with Crippen molar-refractivity contribution in [1.29, 1.82) is 0 Å². The number of hydrogen-bond acceptors (Lipinski definition) is 5. The first-order valence-corrected chi connectivity index (χ1v) is 11.1. The van der Waals surface area contributed by atoms with Crippen molar-refractivity contribution >= 4 is 11.4 Å². The van der Waals surface area contributed by atoms with Gasteiger partial charge in [0.15, 0.2) is 0 Å². The summed E-state index contributed by atoms with van der Waals surface area (Å²) in [7, 11) is 0. The van der Waals surface area contributed by atoms with E-state index in [-0.39, 0.29) is 22.7 Å². The van der Waals surface area contributed by atoms with Crippen LogP contribution in [0.25, 0.3) is 0 Å². The molecule has 0 radical (unpaired) electrons. The summed E-state index contributed by atoms with van der Waals surface area (Å²) < 4.78 is 23.3. The van der Waals surface area contributed by atoms with E-state index in [1.165, 1.54) is 0 Å². The first-order valence-electron chi connectivity index (χ1n) is 10.1. The Morgan fingerprint density at radius 2 is 1.88 bits per heavy atom. The Morgan fingerprint density at radius 3 is 2.69 bits per heavy atom. The quantitative estimate of drug-likeness (QED) is 0.630. The van der Waals surface area contributed by atoms with E-state index < -0.39 is 29.0 Å². The second kappa shape index (κ2) is 5.63. The van der Waals surface area contributed by atoms with Crippen molar-refractivity contribution in [2.75, 3.05) is 13.2 Å². The highest BCUT2D eigenvalue weighted by atomic mass is 32.2. The molecular weight excluding hydrogens is 352 g/mol. The molecule has 1 aliphatic heterocycles. The Balaban J connectivity index is 1.66. The van der Waals surface area contributed by atoms with Crippen LogP contribution < -0.4 is 0 Å². The molecule has 1 saturated heterocycles. The zero-order valence-corrected chi connectivity index (χ0v) is 16.3. The summed E-state index contributed by atoms with van der Waals surface area (Å²) in [5.74, 6) is 0.793. The standard InChI is InChI=1S/C20H30O5S/c1-12-13-4-7-20(17(12)22)15(8-13)19-6-3-5-18(2,14(19)9-16(20)21)10-24-26(23)25-11-19/h13-17,21-22H,1,3-11H2,2H3/t13-,14?,15?,16+,17-,18-,19-,20?,26?/m0/s1. The average Bonchev–Trinajstić information content (AvgIpc) is 2.63. The van der Waals surface area contributed by atoms with Crippen molar-refractivity contribution in [3.05, 3.63) is 12.2 Å². The van der Waals surface area contributed by atoms with Crippen LogP contribution >= 0.6 is 0 Å². The Bertz CT molecular complexity index is 667. The number of hydrogen-bond donors (Lipinski definition) is 2. The molecule has 5 saturated carbocycles. The SMILES string of the molecule is C=C1[C@H]2CCC3(C(C2)[C@@]24CCC[C@@](C)(COS(=O)OC2)C4C[C@H]3O)[C@H]1O. The molecule has 5 aliphatic carbocycles. The molecule has 4 bridgehead atoms. The van der Waals surface area contributed by atoms with Gasteiger partial charge >= 0.3 is 11.4 Å². The summed E-state index contributed by atoms with van der Waals surface area (Å²) in [6, 6.07) is 0. The normalized spacial score (nSPS) is 59.1. The van der Waals surface area contributed by atoms with Gasteiger partial charge in [0.1, 0.15) is 0 Å². The lowest BCUT2D eigenvalue weighted by Gasteiger charge is -2.71. The van der Waals surface area contributed by atoms with E-state index >= 15 is 0 Å². The van der Waals surface area contributed by atoms with Crippen molar-refractivity contribution in [3.63, 3.8) is 0 Å². The van der Waals surface area contributed by atoms with Gasteiger partial charge in [-0.2, -0.15) is 4.21 Å². The van der Waals surface area contributed by atoms with Crippen LogP contribution in [-0.2, 0) is 19.7 Å². The summed E-state index contributed by atoms with van der Waals surface area (Å²) in [5.41, 5.74) is 0.176. The van der Waals surface area contributed by atoms with Crippen LogP contribution in [0.1, 0.15) is 51.9 Å². The monoisotopic (exact) mass is 382 g/mol. The molecule has 6 heteroatoms. The average molecular weight is 383 g/mol. The maximum atomic E-state index is 12.1. The molecule has 146 valence electrons. The minimum absolute atomic E-state index is 0.0983. The summed E-state index contributed by atoms with van der Waals surface area (Å²) >= 11 is -1.71. The van der Waals surface area contributed by atoms with Gasteiger partial charge < -0.3 is 10.2 Å². The fourth-order valence-corrected chi connectivity index (χ4v) is 8.62. The van der Waals surface area contributed by atoms with E-state index in [1.54, 1.807) is 0 Å². The Hall–Kier alpha value is -0.270. The predicted octanol–water partition coefficient (Wildman–Crippen LogP) is 2.50. The molecule has 4 unspecified atom stereocenters. The van der Waals surface area contributed by atoms with Crippen LogP contribution in [0.2, 0.25) is 0 Å². The smallest absolute Gasteiger partial charge is 0.304 e. The van der Waals surface area contributed by atoms with Crippen molar-refractivity contribution in [1.82, 2.24) is 0 Å². The van der Waals surface area contributed by atoms with Crippen LogP contribution in [0.4, 0.5) is 0 Å². The third-order valence-corrected chi connectivity index (χ3v) is 9.71. The minimum Gasteiger partial charge on any atom is -0.392 e. The van der Waals surface area contributed by atoms with Crippen molar-refractivity contribution < 1.29 is 22.8 Å². The zero-order valence-electron chi connectivity index (χ0n) is 15.5. The van der Waals surface area contributed by atoms with Crippen LogP contribution in [0.3, 0.4) is 0 Å². The van der Waals surface area contributed by atoms with E-state index in [2.05, 4.69) is 13.5 Å². The van der Waals surface area contributed by atoms with Gasteiger partial charge in [-0.15, -0.1) is 0 Å². The topological polar surface area (TPSA) is 76.0 Å². The molecule has 0 aromatic carbocycles. The highest BCUT2D eigenvalue weighted by Gasteiger charge is 2.71. The van der Waals surface area contributed by atoms with Gasteiger partial charge in [-0.05, 0) is 67.3 Å². The Labute approximate surface area is 158 Å². The molecule has 0 amide bonds. The molecule has 6 aliphatic rings. The fraction of sp³-hybridized carbons (Fsp3) is 0.900. The van der Waals surface area contributed by atoms with Gasteiger partial charge in [-0.1, -0.05) is 19.9 Å². The molecule has 2 N–H and O–H groups in total. The molecule has 9 atom stereocenters. The molecule has 1 spiro atoms. The van der Waals surface area contributed by atoms with E-state index in [1.807, 2.05) is 0 Å². The number of aliphatic hydroxyl groups excluding tert-OH is 2. The number of fused-ring (bicyclic) bond motifs is 2. The van der Waals surface area contributed by atoms with Crippen LogP contribution in [0.5, 0.6) is 0 Å². The summed E-state index contributed by atoms with van der Waals surface area (Å²) in [5, 5.41) is 22.5. The lowest BCUT2D eigenvalue weighted by atomic mass is 9.35. The summed E-state index contributed by atoms with van der Waals surface area (Å²) in [6.07, 6.45) is 5.49. The number of aliphatic hydroxyl groups is 2. The maximum Gasteiger partial charge on any atom is 0.304 e. The molecular formula is C20H30O5S. The van der Waals surface area contributed by atoms with Gasteiger partial charge in [0.05, 0.1) is 25.4 Å². The summed E-state index contributed by atoms with van der Waals surface area (Å²) in [6.45, 7) is 7.23. The second-order valence-electron chi connectivity index (χ2n) is 9.89. The highest BCUT2D eigenvalue weighted by Crippen LogP contribution is 2.72. The van der Waals surface area contributed by atoms with E-state index in [9.17, 15) is 14.4 Å². The Morgan fingerprint density at radius 1 is 1.12 bits per heavy atom. The summed E-state index contributed by atoms with van der Waals surface area (Å²) in [4.78, 5) is 0. The predicted molar refractivity (Wildman–Crippen MR) is 97.0 cm³/mol. The maximum absolute atomic E-state index is 12.1. The zero-order chi connectivity index (χ0) is 18.3. The molecule has 26 heavy (non-hydrogen) atoms. The minimum atomic E-state index is -1.71. The van der Waals surface area contributed by atoms with Crippen LogP contribution in [-0.4, -0.2) is 39.8 Å². The molecule has 0 aromatic heterocycles. The van der Waals surface area contributed by atoms with Gasteiger partial charge in [-0.3, -0.25) is 8.37 Å². The molecule has 6 fully saturated rings. The van der Waals surface area contributed by atoms with Gasteiger partial charge in [0, 0.05) is 10.8 Å². The van der Waals surface area contributed by atoms with Gasteiger partial charge in [-0.25, -0.2) is 0 Å². The lowest BCUT2D eigenvalue weighted by Crippen LogP contribution is -2.71. The molecule has 0 aromatic rings. The van der Waals surface area contributed by atoms with Crippen molar-refractivity contribution in [3.8, 4) is 0 Å². The van der Waals surface area contributed by atoms with Gasteiger partial charge in [0.2, 0.25) is 0 Å². The Kier molecular flexibility index (Phi) is 3.86. The van der Waals surface area contributed by atoms with Crippen LogP contribution in [0.15, 0.2) is 12.2 Å². The third kappa shape index (κ3) is 2.03. The largest absolute Gasteiger partial charge is 0.392 e. The van der Waals surface area contributed by atoms with Gasteiger partial charge in [0.25, 0.3) is 0 Å². The molecule has 5 nitrogen and oxygen atoms in total. The van der Waals surface area contributed by atoms with E-state index in [0.717, 1.165) is 44.1 Å². The van der Waals surface area contributed by atoms with Crippen molar-refractivity contribution in [2.24, 2.45) is 34.0 Å².